The van der Waals surface area contributed by atoms with Gasteiger partial charge in [0.15, 0.2) is 0 Å². The minimum absolute atomic E-state index is 0.382. The SMILES string of the molecule is CCNC(c1ccccc1)C(C)Sc1ccc(C)cc1. The van der Waals surface area contributed by atoms with Crippen molar-refractivity contribution < 1.29 is 0 Å². The third-order valence-electron chi connectivity index (χ3n) is 3.40. The monoisotopic (exact) mass is 285 g/mol. The van der Waals surface area contributed by atoms with Gasteiger partial charge < -0.3 is 5.32 Å². The van der Waals surface area contributed by atoms with Gasteiger partial charge in [0.1, 0.15) is 0 Å². The van der Waals surface area contributed by atoms with Crippen molar-refractivity contribution in [3.63, 3.8) is 0 Å². The number of hydrogen-bond donors (Lipinski definition) is 1. The Morgan fingerprint density at radius 1 is 1.00 bits per heavy atom. The van der Waals surface area contributed by atoms with E-state index in [1.807, 2.05) is 11.8 Å². The van der Waals surface area contributed by atoms with Crippen LogP contribution in [0.3, 0.4) is 0 Å². The third-order valence-corrected chi connectivity index (χ3v) is 4.58. The molecule has 0 aliphatic rings. The molecule has 0 heterocycles. The zero-order valence-corrected chi connectivity index (χ0v) is 13.3. The van der Waals surface area contributed by atoms with Crippen molar-refractivity contribution in [3.8, 4) is 0 Å². The molecule has 0 bridgehead atoms. The molecular formula is C18H23NS. The van der Waals surface area contributed by atoms with Crippen molar-refractivity contribution >= 4 is 11.8 Å². The van der Waals surface area contributed by atoms with E-state index in [0.717, 1.165) is 6.54 Å². The molecule has 2 unspecified atom stereocenters. The van der Waals surface area contributed by atoms with E-state index in [1.165, 1.54) is 16.0 Å². The van der Waals surface area contributed by atoms with Crippen LogP contribution in [-0.2, 0) is 0 Å². The van der Waals surface area contributed by atoms with Gasteiger partial charge in [0.25, 0.3) is 0 Å². The summed E-state index contributed by atoms with van der Waals surface area (Å²) in [5, 5.41) is 4.10. The van der Waals surface area contributed by atoms with E-state index in [0.29, 0.717) is 11.3 Å². The van der Waals surface area contributed by atoms with E-state index >= 15 is 0 Å². The topological polar surface area (TPSA) is 12.0 Å². The number of nitrogens with one attached hydrogen (secondary N) is 1. The summed E-state index contributed by atoms with van der Waals surface area (Å²) in [5.74, 6) is 0. The van der Waals surface area contributed by atoms with Crippen molar-refractivity contribution in [1.82, 2.24) is 5.32 Å². The summed E-state index contributed by atoms with van der Waals surface area (Å²) in [7, 11) is 0. The summed E-state index contributed by atoms with van der Waals surface area (Å²) < 4.78 is 0. The Morgan fingerprint density at radius 2 is 1.65 bits per heavy atom. The van der Waals surface area contributed by atoms with Crippen LogP contribution in [0.5, 0.6) is 0 Å². The number of benzene rings is 2. The molecule has 0 spiro atoms. The molecule has 106 valence electrons. The summed E-state index contributed by atoms with van der Waals surface area (Å²) >= 11 is 1.93. The van der Waals surface area contributed by atoms with Gasteiger partial charge in [0.05, 0.1) is 0 Å². The van der Waals surface area contributed by atoms with E-state index < -0.39 is 0 Å². The fourth-order valence-electron chi connectivity index (χ4n) is 2.33. The van der Waals surface area contributed by atoms with Crippen LogP contribution in [0.25, 0.3) is 0 Å². The quantitative estimate of drug-likeness (QED) is 0.763. The van der Waals surface area contributed by atoms with Crippen molar-refractivity contribution in [3.05, 3.63) is 65.7 Å². The summed E-state index contributed by atoms with van der Waals surface area (Å²) in [6, 6.07) is 19.9. The van der Waals surface area contributed by atoms with Gasteiger partial charge in [-0.05, 0) is 31.2 Å². The fraction of sp³-hybridized carbons (Fsp3) is 0.333. The highest BCUT2D eigenvalue weighted by molar-refractivity contribution is 8.00. The first-order valence-electron chi connectivity index (χ1n) is 7.22. The fourth-order valence-corrected chi connectivity index (χ4v) is 3.45. The van der Waals surface area contributed by atoms with Gasteiger partial charge in [0, 0.05) is 16.2 Å². The van der Waals surface area contributed by atoms with Crippen molar-refractivity contribution in [2.75, 3.05) is 6.54 Å². The van der Waals surface area contributed by atoms with E-state index in [4.69, 9.17) is 0 Å². The van der Waals surface area contributed by atoms with Gasteiger partial charge in [-0.25, -0.2) is 0 Å². The first-order valence-corrected chi connectivity index (χ1v) is 8.10. The highest BCUT2D eigenvalue weighted by Gasteiger charge is 2.19. The number of rotatable bonds is 6. The maximum absolute atomic E-state index is 3.61. The van der Waals surface area contributed by atoms with Gasteiger partial charge in [-0.3, -0.25) is 0 Å². The molecule has 2 aromatic rings. The molecule has 0 saturated heterocycles. The van der Waals surface area contributed by atoms with Crippen LogP contribution in [0, 0.1) is 6.92 Å². The molecule has 0 amide bonds. The highest BCUT2D eigenvalue weighted by atomic mass is 32.2. The average Bonchev–Trinajstić information content (AvgIpc) is 2.48. The molecule has 0 saturated carbocycles. The van der Waals surface area contributed by atoms with E-state index in [-0.39, 0.29) is 0 Å². The molecule has 0 radical (unpaired) electrons. The molecule has 2 rings (SSSR count). The maximum Gasteiger partial charge on any atom is 0.0441 e. The van der Waals surface area contributed by atoms with Gasteiger partial charge in [-0.1, -0.05) is 61.9 Å². The first-order chi connectivity index (χ1) is 9.70. The lowest BCUT2D eigenvalue weighted by atomic mass is 10.0. The van der Waals surface area contributed by atoms with Crippen LogP contribution >= 0.6 is 11.8 Å². The van der Waals surface area contributed by atoms with Crippen LogP contribution < -0.4 is 5.32 Å². The molecule has 1 N–H and O–H groups in total. The van der Waals surface area contributed by atoms with Gasteiger partial charge in [0.2, 0.25) is 0 Å². The molecular weight excluding hydrogens is 262 g/mol. The zero-order chi connectivity index (χ0) is 14.4. The van der Waals surface area contributed by atoms with Crippen LogP contribution in [0.4, 0.5) is 0 Å². The Balaban J connectivity index is 2.11. The Labute approximate surface area is 126 Å². The summed E-state index contributed by atoms with van der Waals surface area (Å²) in [5.41, 5.74) is 2.68. The summed E-state index contributed by atoms with van der Waals surface area (Å²) in [6.07, 6.45) is 0. The minimum Gasteiger partial charge on any atom is -0.309 e. The Bertz CT molecular complexity index is 507. The lowest BCUT2D eigenvalue weighted by Gasteiger charge is -2.25. The highest BCUT2D eigenvalue weighted by Crippen LogP contribution is 2.32. The Kier molecular flexibility index (Phi) is 5.69. The number of hydrogen-bond acceptors (Lipinski definition) is 2. The van der Waals surface area contributed by atoms with Crippen molar-refractivity contribution in [2.24, 2.45) is 0 Å². The van der Waals surface area contributed by atoms with Crippen molar-refractivity contribution in [2.45, 2.75) is 37.0 Å². The van der Waals surface area contributed by atoms with Crippen LogP contribution in [0.1, 0.15) is 31.0 Å². The first kappa shape index (κ1) is 15.1. The zero-order valence-electron chi connectivity index (χ0n) is 12.5. The molecule has 2 heteroatoms. The Morgan fingerprint density at radius 3 is 2.25 bits per heavy atom. The molecule has 0 aliphatic carbocycles. The molecule has 0 aliphatic heterocycles. The maximum atomic E-state index is 3.61. The summed E-state index contributed by atoms with van der Waals surface area (Å²) in [4.78, 5) is 1.34. The van der Waals surface area contributed by atoms with Crippen molar-refractivity contribution in [1.29, 1.82) is 0 Å². The Hall–Kier alpha value is -1.25. The predicted molar refractivity (Wildman–Crippen MR) is 89.4 cm³/mol. The lowest BCUT2D eigenvalue weighted by Crippen LogP contribution is -2.28. The normalized spacial score (nSPS) is 13.9. The van der Waals surface area contributed by atoms with E-state index in [1.54, 1.807) is 0 Å². The largest absolute Gasteiger partial charge is 0.309 e. The molecule has 2 atom stereocenters. The summed E-state index contributed by atoms with van der Waals surface area (Å²) in [6.45, 7) is 7.58. The molecule has 0 fully saturated rings. The second kappa shape index (κ2) is 7.51. The molecule has 20 heavy (non-hydrogen) atoms. The van der Waals surface area contributed by atoms with Gasteiger partial charge >= 0.3 is 0 Å². The van der Waals surface area contributed by atoms with Gasteiger partial charge in [-0.2, -0.15) is 0 Å². The van der Waals surface area contributed by atoms with E-state index in [2.05, 4.69) is 80.7 Å². The van der Waals surface area contributed by atoms with Crippen LogP contribution in [0.2, 0.25) is 0 Å². The second-order valence-electron chi connectivity index (χ2n) is 5.08. The number of aryl methyl sites for hydroxylation is 1. The predicted octanol–water partition coefficient (Wildman–Crippen LogP) is 4.83. The number of thioether (sulfide) groups is 1. The van der Waals surface area contributed by atoms with Gasteiger partial charge in [-0.15, -0.1) is 11.8 Å². The third kappa shape index (κ3) is 4.12. The minimum atomic E-state index is 0.382. The lowest BCUT2D eigenvalue weighted by molar-refractivity contribution is 0.548. The molecule has 0 aromatic heterocycles. The van der Waals surface area contributed by atoms with E-state index in [9.17, 15) is 0 Å². The van der Waals surface area contributed by atoms with Crippen LogP contribution in [-0.4, -0.2) is 11.8 Å². The standard InChI is InChI=1S/C18H23NS/c1-4-19-18(16-8-6-5-7-9-16)15(3)20-17-12-10-14(2)11-13-17/h5-13,15,18-19H,4H2,1-3H3. The molecule has 2 aromatic carbocycles. The smallest absolute Gasteiger partial charge is 0.0441 e. The second-order valence-corrected chi connectivity index (χ2v) is 6.53. The average molecular weight is 285 g/mol. The molecule has 1 nitrogen and oxygen atoms in total. The van der Waals surface area contributed by atoms with Crippen LogP contribution in [0.15, 0.2) is 59.5 Å².